The number of aromatic nitrogens is 1. The molecule has 2 aliphatic rings. The summed E-state index contributed by atoms with van der Waals surface area (Å²) in [6.45, 7) is 3.49. The summed E-state index contributed by atoms with van der Waals surface area (Å²) in [6, 6.07) is 8.21. The van der Waals surface area contributed by atoms with Gasteiger partial charge in [0.05, 0.1) is 4.90 Å². The van der Waals surface area contributed by atoms with Gasteiger partial charge in [-0.05, 0) is 69.4 Å². The molecular weight excluding hydrogens is 346 g/mol. The van der Waals surface area contributed by atoms with Crippen LogP contribution in [0.1, 0.15) is 44.6 Å². The van der Waals surface area contributed by atoms with Gasteiger partial charge in [-0.3, -0.25) is 0 Å². The van der Waals surface area contributed by atoms with Crippen molar-refractivity contribution in [3.05, 3.63) is 30.5 Å². The van der Waals surface area contributed by atoms with Gasteiger partial charge in [0, 0.05) is 30.8 Å². The first-order chi connectivity index (χ1) is 12.6. The highest BCUT2D eigenvalue weighted by molar-refractivity contribution is 7.89. The van der Waals surface area contributed by atoms with Gasteiger partial charge in [0.2, 0.25) is 10.0 Å². The van der Waals surface area contributed by atoms with Gasteiger partial charge in [0.25, 0.3) is 0 Å². The van der Waals surface area contributed by atoms with Crippen LogP contribution in [0.4, 0.5) is 0 Å². The third kappa shape index (κ3) is 3.42. The summed E-state index contributed by atoms with van der Waals surface area (Å²) in [5, 5.41) is 1.12. The zero-order valence-corrected chi connectivity index (χ0v) is 16.4. The van der Waals surface area contributed by atoms with E-state index in [1.807, 2.05) is 12.1 Å². The molecule has 0 atom stereocenters. The molecule has 0 saturated carbocycles. The van der Waals surface area contributed by atoms with E-state index in [2.05, 4.69) is 28.8 Å². The molecule has 0 radical (unpaired) electrons. The smallest absolute Gasteiger partial charge is 0.243 e. The third-order valence-electron chi connectivity index (χ3n) is 5.98. The maximum absolute atomic E-state index is 13.1. The van der Waals surface area contributed by atoms with Gasteiger partial charge in [0.1, 0.15) is 0 Å². The predicted octanol–water partition coefficient (Wildman–Crippen LogP) is 3.47. The monoisotopic (exact) mass is 375 g/mol. The first kappa shape index (κ1) is 18.0. The number of likely N-dealkylation sites (tertiary alicyclic amines) is 1. The van der Waals surface area contributed by atoms with Crippen LogP contribution in [-0.4, -0.2) is 55.4 Å². The number of hydrogen-bond acceptors (Lipinski definition) is 3. The fourth-order valence-electron chi connectivity index (χ4n) is 4.31. The summed E-state index contributed by atoms with van der Waals surface area (Å²) in [5.74, 6) is 0. The highest BCUT2D eigenvalue weighted by atomic mass is 32.2. The second-order valence-electron chi connectivity index (χ2n) is 7.80. The summed E-state index contributed by atoms with van der Waals surface area (Å²) in [5.41, 5.74) is 1.05. The molecule has 6 heteroatoms. The van der Waals surface area contributed by atoms with Crippen LogP contribution in [0.2, 0.25) is 0 Å². The number of piperidine rings is 1. The normalized spacial score (nSPS) is 21.9. The van der Waals surface area contributed by atoms with Gasteiger partial charge in [-0.15, -0.1) is 0 Å². The predicted molar refractivity (Wildman–Crippen MR) is 105 cm³/mol. The quantitative estimate of drug-likeness (QED) is 0.825. The molecule has 1 aromatic carbocycles. The van der Waals surface area contributed by atoms with Crippen LogP contribution in [0.25, 0.3) is 10.9 Å². The fraction of sp³-hybridized carbons (Fsp3) is 0.600. The Hall–Kier alpha value is -1.37. The van der Waals surface area contributed by atoms with Crippen molar-refractivity contribution in [2.75, 3.05) is 33.2 Å². The minimum absolute atomic E-state index is 0.444. The zero-order chi connectivity index (χ0) is 18.1. The van der Waals surface area contributed by atoms with Crippen LogP contribution in [0.15, 0.2) is 35.4 Å². The Morgan fingerprint density at radius 1 is 0.923 bits per heavy atom. The Morgan fingerprint density at radius 3 is 2.31 bits per heavy atom. The van der Waals surface area contributed by atoms with E-state index in [-0.39, 0.29) is 0 Å². The zero-order valence-electron chi connectivity index (χ0n) is 15.6. The number of benzene rings is 1. The molecule has 4 rings (SSSR count). The van der Waals surface area contributed by atoms with Crippen molar-refractivity contribution < 1.29 is 8.42 Å². The average molecular weight is 376 g/mol. The maximum Gasteiger partial charge on any atom is 0.243 e. The summed E-state index contributed by atoms with van der Waals surface area (Å²) >= 11 is 0. The molecule has 142 valence electrons. The lowest BCUT2D eigenvalue weighted by Crippen LogP contribution is -2.32. The molecule has 0 unspecified atom stereocenters. The Bertz CT molecular complexity index is 858. The van der Waals surface area contributed by atoms with Crippen molar-refractivity contribution in [1.29, 1.82) is 0 Å². The Kier molecular flexibility index (Phi) is 5.08. The first-order valence-corrected chi connectivity index (χ1v) is 11.3. The van der Waals surface area contributed by atoms with Crippen molar-refractivity contribution in [3.8, 4) is 0 Å². The highest BCUT2D eigenvalue weighted by Gasteiger charge is 2.26. The SMILES string of the molecule is CN1CCC(n2ccc3ccc(S(=O)(=O)N4CCCCCC4)cc32)CC1. The third-order valence-corrected chi connectivity index (χ3v) is 7.87. The second kappa shape index (κ2) is 7.33. The fourth-order valence-corrected chi connectivity index (χ4v) is 5.85. The number of rotatable bonds is 3. The minimum Gasteiger partial charge on any atom is -0.344 e. The van der Waals surface area contributed by atoms with Crippen molar-refractivity contribution in [3.63, 3.8) is 0 Å². The lowest BCUT2D eigenvalue weighted by Gasteiger charge is -2.30. The molecule has 2 aromatic rings. The summed E-state index contributed by atoms with van der Waals surface area (Å²) in [7, 11) is -1.24. The van der Waals surface area contributed by atoms with Gasteiger partial charge in [0.15, 0.2) is 0 Å². The first-order valence-electron chi connectivity index (χ1n) is 9.85. The van der Waals surface area contributed by atoms with Crippen molar-refractivity contribution in [1.82, 2.24) is 13.8 Å². The largest absolute Gasteiger partial charge is 0.344 e. The molecule has 26 heavy (non-hydrogen) atoms. The van der Waals surface area contributed by atoms with Gasteiger partial charge >= 0.3 is 0 Å². The molecule has 0 N–H and O–H groups in total. The van der Waals surface area contributed by atoms with Crippen LogP contribution in [0, 0.1) is 0 Å². The van der Waals surface area contributed by atoms with E-state index in [9.17, 15) is 8.42 Å². The molecule has 0 bridgehead atoms. The summed E-state index contributed by atoms with van der Waals surface area (Å²) in [4.78, 5) is 2.80. The van der Waals surface area contributed by atoms with Gasteiger partial charge in [-0.1, -0.05) is 18.9 Å². The minimum atomic E-state index is -3.40. The highest BCUT2D eigenvalue weighted by Crippen LogP contribution is 2.30. The number of hydrogen-bond donors (Lipinski definition) is 0. The van der Waals surface area contributed by atoms with E-state index < -0.39 is 10.0 Å². The van der Waals surface area contributed by atoms with Gasteiger partial charge in [-0.2, -0.15) is 4.31 Å². The van der Waals surface area contributed by atoms with Crippen molar-refractivity contribution in [2.24, 2.45) is 0 Å². The number of fused-ring (bicyclic) bond motifs is 1. The van der Waals surface area contributed by atoms with E-state index in [1.165, 1.54) is 0 Å². The van der Waals surface area contributed by atoms with Gasteiger partial charge < -0.3 is 9.47 Å². The molecule has 0 amide bonds. The van der Waals surface area contributed by atoms with Crippen LogP contribution >= 0.6 is 0 Å². The molecule has 2 saturated heterocycles. The van der Waals surface area contributed by atoms with Crippen LogP contribution in [0.3, 0.4) is 0 Å². The number of sulfonamides is 1. The van der Waals surface area contributed by atoms with Crippen LogP contribution in [-0.2, 0) is 10.0 Å². The Morgan fingerprint density at radius 2 is 1.62 bits per heavy atom. The van der Waals surface area contributed by atoms with Crippen molar-refractivity contribution >= 4 is 20.9 Å². The molecule has 1 aromatic heterocycles. The summed E-state index contributed by atoms with van der Waals surface area (Å²) < 4.78 is 30.3. The van der Waals surface area contributed by atoms with E-state index in [0.717, 1.165) is 62.5 Å². The molecule has 5 nitrogen and oxygen atoms in total. The lowest BCUT2D eigenvalue weighted by atomic mass is 10.1. The Labute approximate surface area is 156 Å². The average Bonchev–Trinajstić information content (AvgIpc) is 2.87. The molecule has 0 spiro atoms. The van der Waals surface area contributed by atoms with Gasteiger partial charge in [-0.25, -0.2) is 8.42 Å². The number of nitrogens with zero attached hydrogens (tertiary/aromatic N) is 3. The van der Waals surface area contributed by atoms with E-state index in [0.29, 0.717) is 24.0 Å². The molecule has 0 aliphatic carbocycles. The lowest BCUT2D eigenvalue weighted by molar-refractivity contribution is 0.224. The van der Waals surface area contributed by atoms with Crippen LogP contribution < -0.4 is 0 Å². The second-order valence-corrected chi connectivity index (χ2v) is 9.73. The molecule has 3 heterocycles. The topological polar surface area (TPSA) is 45.6 Å². The van der Waals surface area contributed by atoms with E-state index in [1.54, 1.807) is 10.4 Å². The Balaban J connectivity index is 1.67. The standard InChI is InChI=1S/C20H29N3O2S/c1-21-13-9-18(10-14-21)23-15-8-17-6-7-19(16-20(17)23)26(24,25)22-11-4-2-3-5-12-22/h6-8,15-16,18H,2-5,9-14H2,1H3. The van der Waals surface area contributed by atoms with Crippen molar-refractivity contribution in [2.45, 2.75) is 49.5 Å². The molecule has 2 aliphatic heterocycles. The maximum atomic E-state index is 13.1. The van der Waals surface area contributed by atoms with Crippen LogP contribution in [0.5, 0.6) is 0 Å². The molecule has 2 fully saturated rings. The van der Waals surface area contributed by atoms with E-state index >= 15 is 0 Å². The summed E-state index contributed by atoms with van der Waals surface area (Å²) in [6.07, 6.45) is 8.55. The molecular formula is C20H29N3O2S. The van der Waals surface area contributed by atoms with E-state index in [4.69, 9.17) is 0 Å².